The number of aromatic nitrogens is 3. The molecule has 0 radical (unpaired) electrons. The molecular weight excluding hydrogens is 268 g/mol. The summed E-state index contributed by atoms with van der Waals surface area (Å²) < 4.78 is 0. The molecule has 0 aliphatic heterocycles. The Morgan fingerprint density at radius 3 is 2.95 bits per heavy atom. The lowest BCUT2D eigenvalue weighted by atomic mass is 10.0. The van der Waals surface area contributed by atoms with Crippen molar-refractivity contribution in [1.29, 1.82) is 0 Å². The Balaban J connectivity index is 2.00. The quantitative estimate of drug-likeness (QED) is 0.782. The van der Waals surface area contributed by atoms with E-state index in [0.717, 1.165) is 24.0 Å². The zero-order chi connectivity index (χ0) is 13.8. The summed E-state index contributed by atoms with van der Waals surface area (Å²) in [6.07, 6.45) is 6.35. The first-order valence-electron chi connectivity index (χ1n) is 6.69. The molecule has 1 aromatic carbocycles. The lowest BCUT2D eigenvalue weighted by molar-refractivity contribution is 0.555. The van der Waals surface area contributed by atoms with Crippen molar-refractivity contribution in [3.8, 4) is 0 Å². The number of hydrogen-bond donors (Lipinski definition) is 1. The van der Waals surface area contributed by atoms with Gasteiger partial charge in [0.25, 0.3) is 0 Å². The summed E-state index contributed by atoms with van der Waals surface area (Å²) in [5, 5.41) is 3.54. The zero-order valence-corrected chi connectivity index (χ0v) is 12.1. The highest BCUT2D eigenvalue weighted by Gasteiger charge is 2.15. The molecule has 2 heterocycles. The Hall–Kier alpha value is -1.85. The fourth-order valence-electron chi connectivity index (χ4n) is 2.38. The van der Waals surface area contributed by atoms with Gasteiger partial charge >= 0.3 is 0 Å². The van der Waals surface area contributed by atoms with E-state index in [1.807, 2.05) is 23.8 Å². The van der Waals surface area contributed by atoms with Crippen molar-refractivity contribution in [2.45, 2.75) is 19.4 Å². The van der Waals surface area contributed by atoms with E-state index >= 15 is 0 Å². The van der Waals surface area contributed by atoms with Crippen molar-refractivity contribution in [2.24, 2.45) is 0 Å². The number of nitrogens with zero attached hydrogens (tertiary/aromatic N) is 3. The molecule has 4 nitrogen and oxygen atoms in total. The highest BCUT2D eigenvalue weighted by atomic mass is 32.1. The normalized spacial score (nSPS) is 12.7. The summed E-state index contributed by atoms with van der Waals surface area (Å²) in [6.45, 7) is 3.04. The molecule has 0 saturated carbocycles. The van der Waals surface area contributed by atoms with Gasteiger partial charge in [0.2, 0.25) is 0 Å². The van der Waals surface area contributed by atoms with E-state index in [2.05, 4.69) is 33.3 Å². The van der Waals surface area contributed by atoms with Crippen LogP contribution in [0.4, 0.5) is 0 Å². The van der Waals surface area contributed by atoms with Crippen LogP contribution in [0.3, 0.4) is 0 Å². The molecule has 20 heavy (non-hydrogen) atoms. The van der Waals surface area contributed by atoms with Crippen molar-refractivity contribution in [3.63, 3.8) is 0 Å². The van der Waals surface area contributed by atoms with Crippen molar-refractivity contribution < 1.29 is 0 Å². The molecule has 3 aromatic rings. The van der Waals surface area contributed by atoms with E-state index in [1.54, 1.807) is 23.7 Å². The molecule has 1 atom stereocenters. The Morgan fingerprint density at radius 1 is 1.25 bits per heavy atom. The monoisotopic (exact) mass is 284 g/mol. The molecule has 2 aromatic heterocycles. The molecule has 5 heteroatoms. The van der Waals surface area contributed by atoms with Gasteiger partial charge in [-0.3, -0.25) is 15.0 Å². The number of rotatable bonds is 5. The minimum absolute atomic E-state index is 0.237. The van der Waals surface area contributed by atoms with E-state index in [9.17, 15) is 0 Å². The number of fused-ring (bicyclic) bond motifs is 1. The molecule has 3 rings (SSSR count). The topological polar surface area (TPSA) is 50.7 Å². The lowest BCUT2D eigenvalue weighted by Gasteiger charge is -2.18. The standard InChI is InChI=1S/C15H16N4S/c1-2-17-14(8-11-9-16-10-20-11)12-4-3-5-13-15(12)19-7-6-18-13/h3-7,9-10,14,17H,2,8H2,1H3. The van der Waals surface area contributed by atoms with Gasteiger partial charge < -0.3 is 5.32 Å². The van der Waals surface area contributed by atoms with Gasteiger partial charge in [0.15, 0.2) is 0 Å². The molecule has 0 amide bonds. The second kappa shape index (κ2) is 6.07. The predicted molar refractivity (Wildman–Crippen MR) is 81.8 cm³/mol. The van der Waals surface area contributed by atoms with Crippen LogP contribution in [-0.4, -0.2) is 21.5 Å². The van der Waals surface area contributed by atoms with Crippen molar-refractivity contribution in [2.75, 3.05) is 6.54 Å². The largest absolute Gasteiger partial charge is 0.310 e. The number of benzene rings is 1. The molecule has 0 spiro atoms. The average molecular weight is 284 g/mol. The molecule has 0 aliphatic rings. The van der Waals surface area contributed by atoms with Crippen molar-refractivity contribution in [1.82, 2.24) is 20.3 Å². The second-order valence-electron chi connectivity index (χ2n) is 4.55. The predicted octanol–water partition coefficient (Wildman–Crippen LogP) is 2.98. The number of thiazole rings is 1. The molecule has 0 aliphatic carbocycles. The first-order valence-corrected chi connectivity index (χ1v) is 7.57. The number of nitrogens with one attached hydrogen (secondary N) is 1. The van der Waals surface area contributed by atoms with Crippen LogP contribution < -0.4 is 5.32 Å². The molecule has 0 bridgehead atoms. The summed E-state index contributed by atoms with van der Waals surface area (Å²) >= 11 is 1.69. The van der Waals surface area contributed by atoms with Crippen molar-refractivity contribution in [3.05, 3.63) is 52.7 Å². The second-order valence-corrected chi connectivity index (χ2v) is 5.52. The Labute approximate surface area is 121 Å². The third kappa shape index (κ3) is 2.69. The van der Waals surface area contributed by atoms with Crippen LogP contribution in [0.15, 0.2) is 42.3 Å². The highest BCUT2D eigenvalue weighted by Crippen LogP contribution is 2.25. The maximum absolute atomic E-state index is 4.50. The fraction of sp³-hybridized carbons (Fsp3) is 0.267. The minimum atomic E-state index is 0.237. The molecule has 1 unspecified atom stereocenters. The van der Waals surface area contributed by atoms with Gasteiger partial charge in [-0.1, -0.05) is 19.1 Å². The Morgan fingerprint density at radius 2 is 2.15 bits per heavy atom. The van der Waals surface area contributed by atoms with Gasteiger partial charge in [0, 0.05) is 35.9 Å². The van der Waals surface area contributed by atoms with Gasteiger partial charge in [-0.15, -0.1) is 11.3 Å². The molecule has 0 fully saturated rings. The van der Waals surface area contributed by atoms with Crippen LogP contribution in [-0.2, 0) is 6.42 Å². The van der Waals surface area contributed by atoms with E-state index < -0.39 is 0 Å². The molecular formula is C15H16N4S. The summed E-state index contributed by atoms with van der Waals surface area (Å²) in [7, 11) is 0. The van der Waals surface area contributed by atoms with Crippen molar-refractivity contribution >= 4 is 22.4 Å². The fourth-order valence-corrected chi connectivity index (χ4v) is 3.02. The smallest absolute Gasteiger partial charge is 0.0934 e. The van der Waals surface area contributed by atoms with Crippen LogP contribution in [0.5, 0.6) is 0 Å². The van der Waals surface area contributed by atoms with Gasteiger partial charge in [-0.05, 0) is 18.2 Å². The Kier molecular flexibility index (Phi) is 3.99. The van der Waals surface area contributed by atoms with E-state index in [4.69, 9.17) is 0 Å². The first kappa shape index (κ1) is 13.1. The third-order valence-electron chi connectivity index (χ3n) is 3.24. The lowest BCUT2D eigenvalue weighted by Crippen LogP contribution is -2.23. The van der Waals surface area contributed by atoms with Gasteiger partial charge in [-0.25, -0.2) is 0 Å². The molecule has 102 valence electrons. The van der Waals surface area contributed by atoms with E-state index in [0.29, 0.717) is 0 Å². The average Bonchev–Trinajstić information content (AvgIpc) is 2.99. The van der Waals surface area contributed by atoms with Gasteiger partial charge in [0.05, 0.1) is 16.5 Å². The third-order valence-corrected chi connectivity index (χ3v) is 4.05. The van der Waals surface area contributed by atoms with Crippen LogP contribution in [0.1, 0.15) is 23.4 Å². The maximum Gasteiger partial charge on any atom is 0.0934 e. The summed E-state index contributed by atoms with van der Waals surface area (Å²) in [5.74, 6) is 0. The summed E-state index contributed by atoms with van der Waals surface area (Å²) in [4.78, 5) is 14.3. The SMILES string of the molecule is CCNC(Cc1cncs1)c1cccc2nccnc12. The van der Waals surface area contributed by atoms with Crippen LogP contribution in [0, 0.1) is 0 Å². The van der Waals surface area contributed by atoms with Crippen LogP contribution in [0.25, 0.3) is 11.0 Å². The van der Waals surface area contributed by atoms with Gasteiger partial charge in [0.1, 0.15) is 0 Å². The Bertz CT molecular complexity index is 676. The van der Waals surface area contributed by atoms with E-state index in [-0.39, 0.29) is 6.04 Å². The number of para-hydroxylation sites is 1. The van der Waals surface area contributed by atoms with Crippen LogP contribution in [0.2, 0.25) is 0 Å². The number of likely N-dealkylation sites (N-methyl/N-ethyl adjacent to an activating group) is 1. The molecule has 0 saturated heterocycles. The minimum Gasteiger partial charge on any atom is -0.310 e. The van der Waals surface area contributed by atoms with E-state index in [1.165, 1.54) is 10.4 Å². The maximum atomic E-state index is 4.50. The molecule has 1 N–H and O–H groups in total. The summed E-state index contributed by atoms with van der Waals surface area (Å²) in [6, 6.07) is 6.41. The number of hydrogen-bond acceptors (Lipinski definition) is 5. The van der Waals surface area contributed by atoms with Crippen LogP contribution >= 0.6 is 11.3 Å². The first-order chi connectivity index (χ1) is 9.88. The highest BCUT2D eigenvalue weighted by molar-refractivity contribution is 7.09. The summed E-state index contributed by atoms with van der Waals surface area (Å²) in [5.41, 5.74) is 5.00. The van der Waals surface area contributed by atoms with Gasteiger partial charge in [-0.2, -0.15) is 0 Å². The zero-order valence-electron chi connectivity index (χ0n) is 11.3.